The molecular formula is C29H23F2N5O. The normalized spacial score (nSPS) is 14.6. The summed E-state index contributed by atoms with van der Waals surface area (Å²) in [5.41, 5.74) is 3.89. The van der Waals surface area contributed by atoms with Crippen LogP contribution in [0, 0.1) is 18.6 Å². The first-order valence-corrected chi connectivity index (χ1v) is 11.9. The predicted molar refractivity (Wildman–Crippen MR) is 137 cm³/mol. The van der Waals surface area contributed by atoms with Gasteiger partial charge in [0.05, 0.1) is 35.3 Å². The number of fused-ring (bicyclic) bond motifs is 3. The second kappa shape index (κ2) is 9.05. The Hall–Kier alpha value is -4.72. The van der Waals surface area contributed by atoms with Gasteiger partial charge in [-0.25, -0.2) is 18.3 Å². The maximum atomic E-state index is 14.5. The van der Waals surface area contributed by atoms with Crippen molar-refractivity contribution in [1.29, 1.82) is 0 Å². The van der Waals surface area contributed by atoms with Gasteiger partial charge in [0, 0.05) is 11.8 Å². The molecule has 0 bridgehead atoms. The predicted octanol–water partition coefficient (Wildman–Crippen LogP) is 6.39. The fourth-order valence-corrected chi connectivity index (χ4v) is 4.93. The van der Waals surface area contributed by atoms with Gasteiger partial charge in [-0.1, -0.05) is 42.5 Å². The molecular weight excluding hydrogens is 472 g/mol. The summed E-state index contributed by atoms with van der Waals surface area (Å²) >= 11 is 0. The lowest BCUT2D eigenvalue weighted by Gasteiger charge is -2.31. The molecule has 0 radical (unpaired) electrons. The van der Waals surface area contributed by atoms with Crippen LogP contribution in [-0.2, 0) is 6.54 Å². The van der Waals surface area contributed by atoms with E-state index in [-0.39, 0.29) is 12.2 Å². The number of rotatable bonds is 3. The minimum atomic E-state index is -0.645. The van der Waals surface area contributed by atoms with E-state index in [1.807, 2.05) is 64.8 Å². The summed E-state index contributed by atoms with van der Waals surface area (Å²) in [6.07, 6.45) is 1.92. The largest absolute Gasteiger partial charge is 0.323 e. The Balaban J connectivity index is 1.55. The standard InChI is InChI=1S/C29H23F2N5O/c1-19-23-18-35(29(37)32-25-14-6-5-13-24(25)31)27(20-9-7-10-21(30)17-20)26-15-8-16-34(26)28(23)36(33-19)22-11-3-2-4-12-22/h2-17,27H,18H2,1H3,(H,32,37). The highest BCUT2D eigenvalue weighted by Crippen LogP contribution is 2.39. The number of aryl methyl sites for hydroxylation is 1. The van der Waals surface area contributed by atoms with Gasteiger partial charge in [-0.2, -0.15) is 5.10 Å². The number of amides is 2. The summed E-state index contributed by atoms with van der Waals surface area (Å²) < 4.78 is 32.7. The van der Waals surface area contributed by atoms with Crippen molar-refractivity contribution in [3.8, 4) is 11.5 Å². The van der Waals surface area contributed by atoms with E-state index in [2.05, 4.69) is 5.32 Å². The van der Waals surface area contributed by atoms with Gasteiger partial charge in [0.25, 0.3) is 0 Å². The summed E-state index contributed by atoms with van der Waals surface area (Å²) in [5, 5.41) is 7.52. The number of halogens is 2. The third kappa shape index (κ3) is 3.96. The second-order valence-corrected chi connectivity index (χ2v) is 8.93. The van der Waals surface area contributed by atoms with E-state index in [9.17, 15) is 13.6 Å². The van der Waals surface area contributed by atoms with Crippen LogP contribution in [0.15, 0.2) is 97.2 Å². The molecule has 1 aliphatic rings. The van der Waals surface area contributed by atoms with Crippen molar-refractivity contribution in [3.05, 3.63) is 131 Å². The van der Waals surface area contributed by atoms with Crippen LogP contribution < -0.4 is 5.32 Å². The lowest BCUT2D eigenvalue weighted by Crippen LogP contribution is -2.38. The van der Waals surface area contributed by atoms with E-state index in [0.717, 1.165) is 28.5 Å². The van der Waals surface area contributed by atoms with Crippen LogP contribution in [0.25, 0.3) is 11.5 Å². The molecule has 0 fully saturated rings. The van der Waals surface area contributed by atoms with Crippen molar-refractivity contribution in [2.45, 2.75) is 19.5 Å². The molecule has 2 aromatic heterocycles. The Morgan fingerprint density at radius 2 is 1.73 bits per heavy atom. The number of hydrogen-bond donors (Lipinski definition) is 1. The minimum absolute atomic E-state index is 0.0713. The second-order valence-electron chi connectivity index (χ2n) is 8.93. The van der Waals surface area contributed by atoms with Crippen molar-refractivity contribution in [2.24, 2.45) is 0 Å². The van der Waals surface area contributed by atoms with Gasteiger partial charge in [-0.15, -0.1) is 0 Å². The first kappa shape index (κ1) is 22.7. The Bertz CT molecular complexity index is 1610. The average Bonchev–Trinajstić information content (AvgIpc) is 3.46. The highest BCUT2D eigenvalue weighted by molar-refractivity contribution is 5.90. The zero-order valence-electron chi connectivity index (χ0n) is 20.0. The van der Waals surface area contributed by atoms with E-state index >= 15 is 0 Å². The number of aromatic nitrogens is 3. The molecule has 37 heavy (non-hydrogen) atoms. The van der Waals surface area contributed by atoms with Gasteiger partial charge < -0.3 is 14.8 Å². The Labute approximate surface area is 212 Å². The number of anilines is 1. The number of urea groups is 1. The number of carbonyl (C=O) groups excluding carboxylic acids is 1. The molecule has 0 aliphatic carbocycles. The van der Waals surface area contributed by atoms with Crippen LogP contribution >= 0.6 is 0 Å². The SMILES string of the molecule is Cc1nn(-c2ccccc2)c2c1CN(C(=O)Nc1ccccc1F)C(c1cccc(F)c1)c1cccn1-2. The smallest absolute Gasteiger partial charge is 0.307 e. The van der Waals surface area contributed by atoms with Crippen LogP contribution in [0.2, 0.25) is 0 Å². The molecule has 3 heterocycles. The van der Waals surface area contributed by atoms with Gasteiger partial charge in [0.1, 0.15) is 17.5 Å². The van der Waals surface area contributed by atoms with Crippen molar-refractivity contribution in [3.63, 3.8) is 0 Å². The summed E-state index contributed by atoms with van der Waals surface area (Å²) in [5.74, 6) is -0.144. The maximum Gasteiger partial charge on any atom is 0.323 e. The van der Waals surface area contributed by atoms with Crippen LogP contribution in [0.5, 0.6) is 0 Å². The molecule has 5 aromatic rings. The molecule has 184 valence electrons. The maximum absolute atomic E-state index is 14.5. The van der Waals surface area contributed by atoms with E-state index in [4.69, 9.17) is 5.10 Å². The number of hydrogen-bond acceptors (Lipinski definition) is 2. The number of para-hydroxylation sites is 2. The number of nitrogens with one attached hydrogen (secondary N) is 1. The van der Waals surface area contributed by atoms with Crippen molar-refractivity contribution < 1.29 is 13.6 Å². The molecule has 1 N–H and O–H groups in total. The first-order chi connectivity index (χ1) is 18.0. The monoisotopic (exact) mass is 495 g/mol. The van der Waals surface area contributed by atoms with E-state index in [1.165, 1.54) is 24.3 Å². The van der Waals surface area contributed by atoms with Crippen LogP contribution in [0.3, 0.4) is 0 Å². The first-order valence-electron chi connectivity index (χ1n) is 11.9. The third-order valence-electron chi connectivity index (χ3n) is 6.63. The molecule has 0 saturated heterocycles. The fraction of sp³-hybridized carbons (Fsp3) is 0.103. The highest BCUT2D eigenvalue weighted by Gasteiger charge is 2.36. The van der Waals surface area contributed by atoms with Gasteiger partial charge in [0.2, 0.25) is 0 Å². The number of benzene rings is 3. The Kier molecular flexibility index (Phi) is 5.56. The molecule has 3 aromatic carbocycles. The molecule has 2 amide bonds. The van der Waals surface area contributed by atoms with E-state index in [1.54, 1.807) is 29.2 Å². The third-order valence-corrected chi connectivity index (χ3v) is 6.63. The summed E-state index contributed by atoms with van der Waals surface area (Å²) in [6, 6.07) is 24.6. The van der Waals surface area contributed by atoms with E-state index < -0.39 is 23.7 Å². The molecule has 1 atom stereocenters. The highest BCUT2D eigenvalue weighted by atomic mass is 19.1. The molecule has 0 spiro atoms. The molecule has 1 aliphatic heterocycles. The van der Waals surface area contributed by atoms with Gasteiger partial charge >= 0.3 is 6.03 Å². The summed E-state index contributed by atoms with van der Waals surface area (Å²) in [6.45, 7) is 2.08. The van der Waals surface area contributed by atoms with Crippen LogP contribution in [0.1, 0.15) is 28.6 Å². The zero-order chi connectivity index (χ0) is 25.5. The lowest BCUT2D eigenvalue weighted by atomic mass is 10.0. The molecule has 0 saturated carbocycles. The molecule has 6 nitrogen and oxygen atoms in total. The van der Waals surface area contributed by atoms with Gasteiger partial charge in [0.15, 0.2) is 0 Å². The number of nitrogens with zero attached hydrogens (tertiary/aromatic N) is 4. The molecule has 6 rings (SSSR count). The van der Waals surface area contributed by atoms with Crippen LogP contribution in [-0.4, -0.2) is 25.3 Å². The quantitative estimate of drug-likeness (QED) is 0.316. The van der Waals surface area contributed by atoms with Crippen molar-refractivity contribution in [2.75, 3.05) is 5.32 Å². The van der Waals surface area contributed by atoms with E-state index in [0.29, 0.717) is 5.56 Å². The Morgan fingerprint density at radius 3 is 2.51 bits per heavy atom. The van der Waals surface area contributed by atoms with Gasteiger partial charge in [-0.05, 0) is 61.0 Å². The van der Waals surface area contributed by atoms with Crippen molar-refractivity contribution >= 4 is 11.7 Å². The topological polar surface area (TPSA) is 55.1 Å². The van der Waals surface area contributed by atoms with Crippen LogP contribution in [0.4, 0.5) is 19.3 Å². The summed E-state index contributed by atoms with van der Waals surface area (Å²) in [7, 11) is 0. The molecule has 1 unspecified atom stereocenters. The van der Waals surface area contributed by atoms with Gasteiger partial charge in [-0.3, -0.25) is 0 Å². The average molecular weight is 496 g/mol. The lowest BCUT2D eigenvalue weighted by molar-refractivity contribution is 0.194. The minimum Gasteiger partial charge on any atom is -0.307 e. The zero-order valence-corrected chi connectivity index (χ0v) is 20.0. The summed E-state index contributed by atoms with van der Waals surface area (Å²) in [4.78, 5) is 15.4. The fourth-order valence-electron chi connectivity index (χ4n) is 4.93. The number of carbonyl (C=O) groups is 1. The van der Waals surface area contributed by atoms with Crippen molar-refractivity contribution in [1.82, 2.24) is 19.2 Å². The molecule has 8 heteroatoms. The Morgan fingerprint density at radius 1 is 0.946 bits per heavy atom.